The van der Waals surface area contributed by atoms with Crippen molar-refractivity contribution in [1.29, 1.82) is 0 Å². The average Bonchev–Trinajstić information content (AvgIpc) is 2.68. The van der Waals surface area contributed by atoms with Gasteiger partial charge in [-0.25, -0.2) is 0 Å². The number of hydrogen-bond donors (Lipinski definition) is 2. The molecule has 25 heavy (non-hydrogen) atoms. The third kappa shape index (κ3) is 4.25. The number of hydrogen-bond acceptors (Lipinski definition) is 4. The molecule has 0 aliphatic carbocycles. The highest BCUT2D eigenvalue weighted by atomic mass is 16.5. The zero-order valence-corrected chi connectivity index (χ0v) is 14.2. The molecule has 0 aromatic heterocycles. The number of aliphatic hydroxyl groups is 1. The third-order valence-electron chi connectivity index (χ3n) is 4.60. The van der Waals surface area contributed by atoms with Gasteiger partial charge in [0.2, 0.25) is 0 Å². The topological polar surface area (TPSA) is 75.8 Å². The molecule has 1 heterocycles. The summed E-state index contributed by atoms with van der Waals surface area (Å²) in [5.41, 5.74) is 8.10. The fourth-order valence-electron chi connectivity index (χ4n) is 3.14. The Kier molecular flexibility index (Phi) is 5.81. The van der Waals surface area contributed by atoms with E-state index in [1.807, 2.05) is 59.5 Å². The first-order chi connectivity index (χ1) is 12.2. The number of nitrogens with zero attached hydrogens (tertiary/aromatic N) is 1. The predicted octanol–water partition coefficient (Wildman–Crippen LogP) is 2.11. The summed E-state index contributed by atoms with van der Waals surface area (Å²) in [6.07, 6.45) is -0.167. The number of nitrogens with two attached hydrogens (primary N) is 1. The van der Waals surface area contributed by atoms with Gasteiger partial charge in [-0.15, -0.1) is 0 Å². The number of amides is 1. The maximum Gasteiger partial charge on any atom is 0.254 e. The third-order valence-corrected chi connectivity index (χ3v) is 4.60. The van der Waals surface area contributed by atoms with Crippen LogP contribution in [-0.2, 0) is 11.3 Å². The Labute approximate surface area is 148 Å². The van der Waals surface area contributed by atoms with E-state index in [9.17, 15) is 9.90 Å². The first kappa shape index (κ1) is 17.6. The van der Waals surface area contributed by atoms with Gasteiger partial charge in [-0.1, -0.05) is 42.5 Å². The van der Waals surface area contributed by atoms with E-state index in [1.54, 1.807) is 0 Å². The first-order valence-corrected chi connectivity index (χ1v) is 8.59. The molecule has 0 spiro atoms. The SMILES string of the molecule is NCc1ccc(C(=O)N2CCOCC2CC(O)c2ccccc2)cc1. The fraction of sp³-hybridized carbons (Fsp3) is 0.350. The minimum Gasteiger partial charge on any atom is -0.388 e. The van der Waals surface area contributed by atoms with Crippen molar-refractivity contribution in [3.63, 3.8) is 0 Å². The van der Waals surface area contributed by atoms with Gasteiger partial charge in [-0.05, 0) is 23.3 Å². The number of aliphatic hydroxyl groups excluding tert-OH is 1. The van der Waals surface area contributed by atoms with Gasteiger partial charge in [-0.2, -0.15) is 0 Å². The number of benzene rings is 2. The zero-order chi connectivity index (χ0) is 17.6. The molecule has 1 aliphatic heterocycles. The number of morpholine rings is 1. The van der Waals surface area contributed by atoms with Gasteiger partial charge in [-0.3, -0.25) is 4.79 Å². The van der Waals surface area contributed by atoms with Crippen LogP contribution in [0.4, 0.5) is 0 Å². The van der Waals surface area contributed by atoms with Crippen molar-refractivity contribution in [3.05, 3.63) is 71.3 Å². The molecule has 1 amide bonds. The van der Waals surface area contributed by atoms with E-state index in [4.69, 9.17) is 10.5 Å². The molecule has 3 rings (SSSR count). The highest BCUT2D eigenvalue weighted by molar-refractivity contribution is 5.94. The van der Waals surface area contributed by atoms with Crippen molar-refractivity contribution in [2.24, 2.45) is 5.73 Å². The summed E-state index contributed by atoms with van der Waals surface area (Å²) in [5, 5.41) is 10.5. The van der Waals surface area contributed by atoms with E-state index in [0.717, 1.165) is 11.1 Å². The minimum atomic E-state index is -0.622. The van der Waals surface area contributed by atoms with Crippen LogP contribution in [-0.4, -0.2) is 41.7 Å². The Morgan fingerprint density at radius 2 is 1.92 bits per heavy atom. The Morgan fingerprint density at radius 1 is 1.20 bits per heavy atom. The molecule has 2 aromatic carbocycles. The number of carbonyl (C=O) groups is 1. The Morgan fingerprint density at radius 3 is 2.60 bits per heavy atom. The van der Waals surface area contributed by atoms with Crippen molar-refractivity contribution >= 4 is 5.91 Å². The van der Waals surface area contributed by atoms with Gasteiger partial charge in [0.1, 0.15) is 0 Å². The molecule has 2 atom stereocenters. The van der Waals surface area contributed by atoms with Gasteiger partial charge in [0, 0.05) is 25.1 Å². The maximum absolute atomic E-state index is 12.9. The molecule has 2 unspecified atom stereocenters. The smallest absolute Gasteiger partial charge is 0.254 e. The molecule has 0 radical (unpaired) electrons. The quantitative estimate of drug-likeness (QED) is 0.874. The number of ether oxygens (including phenoxy) is 1. The highest BCUT2D eigenvalue weighted by Crippen LogP contribution is 2.24. The van der Waals surface area contributed by atoms with Crippen LogP contribution >= 0.6 is 0 Å². The molecule has 1 aliphatic rings. The zero-order valence-electron chi connectivity index (χ0n) is 14.2. The maximum atomic E-state index is 12.9. The predicted molar refractivity (Wildman–Crippen MR) is 96.0 cm³/mol. The minimum absolute atomic E-state index is 0.0304. The van der Waals surface area contributed by atoms with Gasteiger partial charge in [0.25, 0.3) is 5.91 Å². The number of carbonyl (C=O) groups excluding carboxylic acids is 1. The van der Waals surface area contributed by atoms with Crippen LogP contribution in [0.25, 0.3) is 0 Å². The van der Waals surface area contributed by atoms with Gasteiger partial charge < -0.3 is 20.5 Å². The van der Waals surface area contributed by atoms with E-state index in [-0.39, 0.29) is 11.9 Å². The van der Waals surface area contributed by atoms with Gasteiger partial charge >= 0.3 is 0 Å². The summed E-state index contributed by atoms with van der Waals surface area (Å²) >= 11 is 0. The van der Waals surface area contributed by atoms with Gasteiger partial charge in [0.05, 0.1) is 25.4 Å². The molecule has 3 N–H and O–H groups in total. The number of rotatable bonds is 5. The molecule has 1 saturated heterocycles. The lowest BCUT2D eigenvalue weighted by Gasteiger charge is -2.36. The second kappa shape index (κ2) is 8.25. The van der Waals surface area contributed by atoms with E-state index < -0.39 is 6.10 Å². The Bertz CT molecular complexity index is 688. The summed E-state index contributed by atoms with van der Waals surface area (Å²) in [7, 11) is 0. The largest absolute Gasteiger partial charge is 0.388 e. The summed E-state index contributed by atoms with van der Waals surface area (Å²) in [6.45, 7) is 1.95. The van der Waals surface area contributed by atoms with E-state index >= 15 is 0 Å². The van der Waals surface area contributed by atoms with Crippen LogP contribution in [0.15, 0.2) is 54.6 Å². The summed E-state index contributed by atoms with van der Waals surface area (Å²) in [4.78, 5) is 14.7. The van der Waals surface area contributed by atoms with Crippen LogP contribution in [0, 0.1) is 0 Å². The molecule has 2 aromatic rings. The highest BCUT2D eigenvalue weighted by Gasteiger charge is 2.30. The normalized spacial score (nSPS) is 18.8. The lowest BCUT2D eigenvalue weighted by molar-refractivity contribution is -0.0173. The monoisotopic (exact) mass is 340 g/mol. The molecule has 5 heteroatoms. The molecule has 5 nitrogen and oxygen atoms in total. The molecular weight excluding hydrogens is 316 g/mol. The Hall–Kier alpha value is -2.21. The second-order valence-electron chi connectivity index (χ2n) is 6.29. The summed E-state index contributed by atoms with van der Waals surface area (Å²) in [6, 6.07) is 16.7. The first-order valence-electron chi connectivity index (χ1n) is 8.59. The molecule has 1 fully saturated rings. The van der Waals surface area contributed by atoms with Crippen LogP contribution in [0.3, 0.4) is 0 Å². The van der Waals surface area contributed by atoms with E-state index in [2.05, 4.69) is 0 Å². The lowest BCUT2D eigenvalue weighted by Crippen LogP contribution is -2.49. The molecular formula is C20H24N2O3. The Balaban J connectivity index is 1.72. The molecule has 0 saturated carbocycles. The lowest BCUT2D eigenvalue weighted by atomic mass is 10.00. The van der Waals surface area contributed by atoms with Crippen molar-refractivity contribution in [2.75, 3.05) is 19.8 Å². The summed E-state index contributed by atoms with van der Waals surface area (Å²) in [5.74, 6) is -0.0304. The van der Waals surface area contributed by atoms with Crippen molar-refractivity contribution < 1.29 is 14.6 Å². The fourth-order valence-corrected chi connectivity index (χ4v) is 3.14. The van der Waals surface area contributed by atoms with Crippen LogP contribution in [0.1, 0.15) is 34.0 Å². The van der Waals surface area contributed by atoms with Gasteiger partial charge in [0.15, 0.2) is 0 Å². The average molecular weight is 340 g/mol. The van der Waals surface area contributed by atoms with Crippen LogP contribution in [0.2, 0.25) is 0 Å². The molecule has 132 valence electrons. The standard InChI is InChI=1S/C20H24N2O3/c21-13-15-6-8-17(9-7-15)20(24)22-10-11-25-14-18(22)12-19(23)16-4-2-1-3-5-16/h1-9,18-19,23H,10-14,21H2. The summed E-state index contributed by atoms with van der Waals surface area (Å²) < 4.78 is 5.55. The van der Waals surface area contributed by atoms with E-state index in [0.29, 0.717) is 38.3 Å². The van der Waals surface area contributed by atoms with Crippen molar-refractivity contribution in [3.8, 4) is 0 Å². The van der Waals surface area contributed by atoms with Crippen molar-refractivity contribution in [1.82, 2.24) is 4.90 Å². The second-order valence-corrected chi connectivity index (χ2v) is 6.29. The van der Waals surface area contributed by atoms with Crippen molar-refractivity contribution in [2.45, 2.75) is 25.1 Å². The molecule has 0 bridgehead atoms. The van der Waals surface area contributed by atoms with Crippen LogP contribution in [0.5, 0.6) is 0 Å². The van der Waals surface area contributed by atoms with E-state index in [1.165, 1.54) is 0 Å². The van der Waals surface area contributed by atoms with Crippen LogP contribution < -0.4 is 5.73 Å².